The highest BCUT2D eigenvalue weighted by molar-refractivity contribution is 7.99. The summed E-state index contributed by atoms with van der Waals surface area (Å²) >= 11 is 1.68. The molecule has 1 aromatic heterocycles. The van der Waals surface area contributed by atoms with Gasteiger partial charge >= 0.3 is 0 Å². The van der Waals surface area contributed by atoms with E-state index in [-0.39, 0.29) is 0 Å². The monoisotopic (exact) mass is 257 g/mol. The fourth-order valence-corrected chi connectivity index (χ4v) is 2.63. The maximum absolute atomic E-state index is 5.55. The maximum atomic E-state index is 5.55. The molecule has 0 radical (unpaired) electrons. The molecule has 0 saturated carbocycles. The van der Waals surface area contributed by atoms with Gasteiger partial charge in [-0.15, -0.1) is 5.10 Å². The minimum atomic E-state index is 0.406. The van der Waals surface area contributed by atoms with Crippen LogP contribution in [0.15, 0.2) is 5.16 Å². The van der Waals surface area contributed by atoms with Crippen LogP contribution in [-0.2, 0) is 11.8 Å². The largest absolute Gasteiger partial charge is 0.377 e. The van der Waals surface area contributed by atoms with Gasteiger partial charge < -0.3 is 10.1 Å². The predicted molar refractivity (Wildman–Crippen MR) is 66.0 cm³/mol. The molecule has 2 atom stereocenters. The number of aryl methyl sites for hydroxylation is 1. The standard InChI is InChI=1S/C10H19N5OS/c1-8(17-10-12-13-14-15(10)2)6-11-7-9-4-3-5-16-9/h8-9,11H,3-7H2,1-2H3. The first-order chi connectivity index (χ1) is 8.25. The molecule has 1 aliphatic heterocycles. The highest BCUT2D eigenvalue weighted by Crippen LogP contribution is 2.18. The number of nitrogens with zero attached hydrogens (tertiary/aromatic N) is 4. The van der Waals surface area contributed by atoms with Crippen molar-refractivity contribution in [1.82, 2.24) is 25.5 Å². The third-order valence-electron chi connectivity index (χ3n) is 2.72. The summed E-state index contributed by atoms with van der Waals surface area (Å²) in [5.74, 6) is 0. The Morgan fingerprint density at radius 2 is 2.53 bits per heavy atom. The molecule has 1 aromatic rings. The summed E-state index contributed by atoms with van der Waals surface area (Å²) < 4.78 is 7.25. The molecular weight excluding hydrogens is 238 g/mol. The van der Waals surface area contributed by atoms with E-state index >= 15 is 0 Å². The fraction of sp³-hybridized carbons (Fsp3) is 0.900. The first-order valence-electron chi connectivity index (χ1n) is 5.97. The van der Waals surface area contributed by atoms with Crippen molar-refractivity contribution in [1.29, 1.82) is 0 Å². The Kier molecular flexibility index (Phi) is 4.75. The number of nitrogens with one attached hydrogen (secondary N) is 1. The maximum Gasteiger partial charge on any atom is 0.209 e. The second-order valence-electron chi connectivity index (χ2n) is 4.31. The molecular formula is C10H19N5OS. The van der Waals surface area contributed by atoms with Gasteiger partial charge in [-0.2, -0.15) is 0 Å². The number of aromatic nitrogens is 4. The zero-order valence-corrected chi connectivity index (χ0v) is 11.1. The molecule has 17 heavy (non-hydrogen) atoms. The van der Waals surface area contributed by atoms with Gasteiger partial charge in [0.15, 0.2) is 0 Å². The minimum absolute atomic E-state index is 0.406. The molecule has 6 nitrogen and oxygen atoms in total. The molecule has 0 aliphatic carbocycles. The third kappa shape index (κ3) is 3.93. The van der Waals surface area contributed by atoms with E-state index in [0.29, 0.717) is 11.4 Å². The minimum Gasteiger partial charge on any atom is -0.377 e. The molecule has 2 rings (SSSR count). The Hall–Kier alpha value is -0.660. The SMILES string of the molecule is CC(CNCC1CCCO1)Sc1nnnn1C. The average molecular weight is 257 g/mol. The van der Waals surface area contributed by atoms with E-state index in [0.717, 1.165) is 24.9 Å². The molecule has 1 saturated heterocycles. The fourth-order valence-electron chi connectivity index (χ4n) is 1.80. The first kappa shape index (κ1) is 12.8. The number of rotatable bonds is 6. The Bertz CT molecular complexity index is 339. The van der Waals surface area contributed by atoms with Crippen molar-refractivity contribution in [2.45, 2.75) is 36.3 Å². The van der Waals surface area contributed by atoms with Gasteiger partial charge in [-0.3, -0.25) is 0 Å². The summed E-state index contributed by atoms with van der Waals surface area (Å²) in [6.45, 7) is 4.97. The summed E-state index contributed by atoms with van der Waals surface area (Å²) in [4.78, 5) is 0. The van der Waals surface area contributed by atoms with Crippen LogP contribution in [0.2, 0.25) is 0 Å². The van der Waals surface area contributed by atoms with Gasteiger partial charge in [0, 0.05) is 32.0 Å². The van der Waals surface area contributed by atoms with E-state index in [1.807, 2.05) is 7.05 Å². The molecule has 1 N–H and O–H groups in total. The lowest BCUT2D eigenvalue weighted by Gasteiger charge is -2.14. The van der Waals surface area contributed by atoms with E-state index in [9.17, 15) is 0 Å². The van der Waals surface area contributed by atoms with Crippen molar-refractivity contribution in [3.05, 3.63) is 0 Å². The van der Waals surface area contributed by atoms with Gasteiger partial charge in [0.1, 0.15) is 0 Å². The number of hydrogen-bond donors (Lipinski definition) is 1. The van der Waals surface area contributed by atoms with Crippen LogP contribution in [0.3, 0.4) is 0 Å². The second kappa shape index (κ2) is 6.32. The summed E-state index contributed by atoms with van der Waals surface area (Å²) in [7, 11) is 1.86. The highest BCUT2D eigenvalue weighted by atomic mass is 32.2. The molecule has 7 heteroatoms. The Balaban J connectivity index is 1.63. The van der Waals surface area contributed by atoms with Crippen LogP contribution in [0.25, 0.3) is 0 Å². The van der Waals surface area contributed by atoms with Gasteiger partial charge in [-0.05, 0) is 23.3 Å². The third-order valence-corrected chi connectivity index (χ3v) is 3.84. The Morgan fingerprint density at radius 1 is 1.65 bits per heavy atom. The van der Waals surface area contributed by atoms with Gasteiger partial charge in [-0.25, -0.2) is 4.68 Å². The van der Waals surface area contributed by atoms with Crippen molar-refractivity contribution in [2.75, 3.05) is 19.7 Å². The number of ether oxygens (including phenoxy) is 1. The van der Waals surface area contributed by atoms with Crippen molar-refractivity contribution < 1.29 is 4.74 Å². The quantitative estimate of drug-likeness (QED) is 0.747. The molecule has 2 heterocycles. The Morgan fingerprint density at radius 3 is 3.18 bits per heavy atom. The molecule has 0 spiro atoms. The first-order valence-corrected chi connectivity index (χ1v) is 6.85. The topological polar surface area (TPSA) is 64.9 Å². The van der Waals surface area contributed by atoms with Gasteiger partial charge in [0.05, 0.1) is 6.10 Å². The Labute approximate surface area is 105 Å². The predicted octanol–water partition coefficient (Wildman–Crippen LogP) is 0.459. The zero-order valence-electron chi connectivity index (χ0n) is 10.3. The zero-order chi connectivity index (χ0) is 12.1. The summed E-state index contributed by atoms with van der Waals surface area (Å²) in [5, 5.41) is 16.1. The van der Waals surface area contributed by atoms with Crippen LogP contribution in [-0.4, -0.2) is 51.3 Å². The number of thioether (sulfide) groups is 1. The van der Waals surface area contributed by atoms with E-state index in [1.54, 1.807) is 16.4 Å². The van der Waals surface area contributed by atoms with E-state index in [1.165, 1.54) is 12.8 Å². The van der Waals surface area contributed by atoms with E-state index in [2.05, 4.69) is 27.8 Å². The van der Waals surface area contributed by atoms with Crippen LogP contribution in [0, 0.1) is 0 Å². The van der Waals surface area contributed by atoms with Crippen LogP contribution in [0.4, 0.5) is 0 Å². The molecule has 0 aromatic carbocycles. The van der Waals surface area contributed by atoms with Crippen molar-refractivity contribution in [2.24, 2.45) is 7.05 Å². The molecule has 96 valence electrons. The van der Waals surface area contributed by atoms with E-state index in [4.69, 9.17) is 4.74 Å². The summed E-state index contributed by atoms with van der Waals surface area (Å²) in [5.41, 5.74) is 0. The lowest BCUT2D eigenvalue weighted by Crippen LogP contribution is -2.30. The van der Waals surface area contributed by atoms with Gasteiger partial charge in [0.25, 0.3) is 0 Å². The molecule has 1 aliphatic rings. The van der Waals surface area contributed by atoms with Crippen LogP contribution >= 0.6 is 11.8 Å². The van der Waals surface area contributed by atoms with Gasteiger partial charge in [-0.1, -0.05) is 18.7 Å². The second-order valence-corrected chi connectivity index (χ2v) is 5.71. The molecule has 1 fully saturated rings. The van der Waals surface area contributed by atoms with Crippen molar-refractivity contribution in [3.63, 3.8) is 0 Å². The van der Waals surface area contributed by atoms with Gasteiger partial charge in [0.2, 0.25) is 5.16 Å². The molecule has 0 bridgehead atoms. The summed E-state index contributed by atoms with van der Waals surface area (Å²) in [6, 6.07) is 0. The number of hydrogen-bond acceptors (Lipinski definition) is 6. The van der Waals surface area contributed by atoms with Crippen LogP contribution in [0.5, 0.6) is 0 Å². The lowest BCUT2D eigenvalue weighted by molar-refractivity contribution is 0.110. The smallest absolute Gasteiger partial charge is 0.209 e. The van der Waals surface area contributed by atoms with Crippen LogP contribution < -0.4 is 5.32 Å². The summed E-state index contributed by atoms with van der Waals surface area (Å²) in [6.07, 6.45) is 2.78. The van der Waals surface area contributed by atoms with Crippen molar-refractivity contribution in [3.8, 4) is 0 Å². The highest BCUT2D eigenvalue weighted by Gasteiger charge is 2.15. The van der Waals surface area contributed by atoms with Crippen molar-refractivity contribution >= 4 is 11.8 Å². The molecule has 0 amide bonds. The molecule has 2 unspecified atom stereocenters. The van der Waals surface area contributed by atoms with Crippen LogP contribution in [0.1, 0.15) is 19.8 Å². The lowest BCUT2D eigenvalue weighted by atomic mass is 10.2. The normalized spacial score (nSPS) is 21.9. The van der Waals surface area contributed by atoms with E-state index < -0.39 is 0 Å². The number of tetrazole rings is 1. The average Bonchev–Trinajstić information content (AvgIpc) is 2.92.